The van der Waals surface area contributed by atoms with Crippen molar-refractivity contribution in [1.82, 2.24) is 0 Å². The largest absolute Gasteiger partial charge is 0.470 e. The molecule has 0 saturated carbocycles. The van der Waals surface area contributed by atoms with Gasteiger partial charge in [0.2, 0.25) is 6.29 Å². The maximum absolute atomic E-state index is 9.82. The quantitative estimate of drug-likeness (QED) is 0.434. The maximum Gasteiger partial charge on any atom is 0.290 e. The van der Waals surface area contributed by atoms with E-state index in [4.69, 9.17) is 0 Å². The highest BCUT2D eigenvalue weighted by Gasteiger charge is 2.03. The van der Waals surface area contributed by atoms with Gasteiger partial charge in [0.1, 0.15) is 6.61 Å². The van der Waals surface area contributed by atoms with Crippen molar-refractivity contribution in [2.24, 2.45) is 5.16 Å². The zero-order valence-corrected chi connectivity index (χ0v) is 4.16. The van der Waals surface area contributed by atoms with E-state index in [0.717, 1.165) is 0 Å². The summed E-state index contributed by atoms with van der Waals surface area (Å²) in [6.07, 6.45) is 0.513. The zero-order chi connectivity index (χ0) is 5.82. The molecule has 0 aromatic rings. The van der Waals surface area contributed by atoms with E-state index in [0.29, 0.717) is 19.5 Å². The molecule has 0 N–H and O–H groups in total. The first-order chi connectivity index (χ1) is 3.93. The molecule has 0 aromatic carbocycles. The van der Waals surface area contributed by atoms with Crippen molar-refractivity contribution in [2.45, 2.75) is 0 Å². The van der Waals surface area contributed by atoms with Crippen LogP contribution < -0.4 is 0 Å². The van der Waals surface area contributed by atoms with Gasteiger partial charge in [0, 0.05) is 0 Å². The van der Waals surface area contributed by atoms with Gasteiger partial charge >= 0.3 is 0 Å². The number of aldehydes is 1. The molecule has 1 aliphatic rings. The van der Waals surface area contributed by atoms with Crippen LogP contribution in [0.5, 0.6) is 0 Å². The molecular formula is C4H5NO3. The van der Waals surface area contributed by atoms with Gasteiger partial charge in [-0.2, -0.15) is 0 Å². The number of oxime groups is 1. The number of carbonyl (C=O) groups is 1. The molecule has 0 radical (unpaired) electrons. The molecule has 0 fully saturated rings. The third-order valence-corrected chi connectivity index (χ3v) is 0.680. The Bertz CT molecular complexity index is 120. The summed E-state index contributed by atoms with van der Waals surface area (Å²) in [6, 6.07) is 0. The fourth-order valence-corrected chi connectivity index (χ4v) is 0.375. The normalized spacial score (nSPS) is 17.8. The SMILES string of the molecule is O=CC1=NOCCO1. The third-order valence-electron chi connectivity index (χ3n) is 0.680. The van der Waals surface area contributed by atoms with Crippen LogP contribution in [-0.2, 0) is 14.4 Å². The van der Waals surface area contributed by atoms with E-state index in [-0.39, 0.29) is 5.90 Å². The summed E-state index contributed by atoms with van der Waals surface area (Å²) in [7, 11) is 0. The highest BCUT2D eigenvalue weighted by molar-refractivity contribution is 6.23. The van der Waals surface area contributed by atoms with E-state index in [1.807, 2.05) is 0 Å². The molecular weight excluding hydrogens is 110 g/mol. The molecule has 1 aliphatic heterocycles. The standard InChI is InChI=1S/C4H5NO3/c6-3-4-5-8-2-1-7-4/h3H,1-2H2. The van der Waals surface area contributed by atoms with Gasteiger partial charge in [0.15, 0.2) is 6.61 Å². The van der Waals surface area contributed by atoms with Crippen LogP contribution >= 0.6 is 0 Å². The van der Waals surface area contributed by atoms with Crippen molar-refractivity contribution in [3.8, 4) is 0 Å². The second-order valence-electron chi connectivity index (χ2n) is 1.23. The van der Waals surface area contributed by atoms with Gasteiger partial charge in [-0.3, -0.25) is 4.79 Å². The number of ether oxygens (including phenoxy) is 1. The van der Waals surface area contributed by atoms with E-state index in [9.17, 15) is 4.79 Å². The first-order valence-electron chi connectivity index (χ1n) is 2.21. The van der Waals surface area contributed by atoms with E-state index in [1.54, 1.807) is 0 Å². The smallest absolute Gasteiger partial charge is 0.290 e. The summed E-state index contributed by atoms with van der Waals surface area (Å²) in [6.45, 7) is 0.842. The molecule has 4 nitrogen and oxygen atoms in total. The number of hydrogen-bond acceptors (Lipinski definition) is 4. The summed E-state index contributed by atoms with van der Waals surface area (Å²) >= 11 is 0. The van der Waals surface area contributed by atoms with Gasteiger partial charge in [-0.25, -0.2) is 0 Å². The fraction of sp³-hybridized carbons (Fsp3) is 0.500. The molecule has 1 heterocycles. The van der Waals surface area contributed by atoms with Crippen molar-refractivity contribution in [3.05, 3.63) is 0 Å². The Labute approximate surface area is 46.1 Å². The van der Waals surface area contributed by atoms with Crippen LogP contribution in [0.3, 0.4) is 0 Å². The van der Waals surface area contributed by atoms with Crippen molar-refractivity contribution >= 4 is 12.2 Å². The second kappa shape index (κ2) is 2.30. The highest BCUT2D eigenvalue weighted by Crippen LogP contribution is 1.89. The minimum atomic E-state index is 0.0243. The minimum Gasteiger partial charge on any atom is -0.470 e. The van der Waals surface area contributed by atoms with Crippen molar-refractivity contribution < 1.29 is 14.4 Å². The van der Waals surface area contributed by atoms with Gasteiger partial charge in [-0.05, 0) is 5.16 Å². The first-order valence-corrected chi connectivity index (χ1v) is 2.21. The molecule has 0 bridgehead atoms. The zero-order valence-electron chi connectivity index (χ0n) is 4.16. The molecule has 0 atom stereocenters. The van der Waals surface area contributed by atoms with Crippen LogP contribution in [0.25, 0.3) is 0 Å². The number of rotatable bonds is 1. The highest BCUT2D eigenvalue weighted by atomic mass is 16.7. The summed E-state index contributed by atoms with van der Waals surface area (Å²) in [5.74, 6) is 0.0243. The predicted molar refractivity (Wildman–Crippen MR) is 25.4 cm³/mol. The van der Waals surface area contributed by atoms with Gasteiger partial charge in [0.05, 0.1) is 0 Å². The van der Waals surface area contributed by atoms with Crippen LogP contribution in [0.4, 0.5) is 0 Å². The number of nitrogens with zero attached hydrogens (tertiary/aromatic N) is 1. The lowest BCUT2D eigenvalue weighted by Crippen LogP contribution is -2.16. The van der Waals surface area contributed by atoms with Crippen LogP contribution in [0.2, 0.25) is 0 Å². The topological polar surface area (TPSA) is 47.9 Å². The molecule has 8 heavy (non-hydrogen) atoms. The Morgan fingerprint density at radius 2 is 2.50 bits per heavy atom. The van der Waals surface area contributed by atoms with Crippen molar-refractivity contribution in [2.75, 3.05) is 13.2 Å². The van der Waals surface area contributed by atoms with E-state index in [2.05, 4.69) is 14.7 Å². The Hall–Kier alpha value is -1.06. The lowest BCUT2D eigenvalue weighted by molar-refractivity contribution is -0.104. The lowest BCUT2D eigenvalue weighted by Gasteiger charge is -2.07. The lowest BCUT2D eigenvalue weighted by atomic mass is 10.7. The van der Waals surface area contributed by atoms with E-state index in [1.165, 1.54) is 0 Å². The average molecular weight is 115 g/mol. The van der Waals surface area contributed by atoms with Crippen LogP contribution in [0.1, 0.15) is 0 Å². The van der Waals surface area contributed by atoms with Crippen LogP contribution in [0.15, 0.2) is 5.16 Å². The fourth-order valence-electron chi connectivity index (χ4n) is 0.375. The van der Waals surface area contributed by atoms with Gasteiger partial charge < -0.3 is 9.57 Å². The molecule has 0 spiro atoms. The molecule has 0 amide bonds. The van der Waals surface area contributed by atoms with E-state index >= 15 is 0 Å². The molecule has 44 valence electrons. The summed E-state index contributed by atoms with van der Waals surface area (Å²) in [4.78, 5) is 14.3. The van der Waals surface area contributed by atoms with Crippen LogP contribution in [0, 0.1) is 0 Å². The Morgan fingerprint density at radius 1 is 1.62 bits per heavy atom. The maximum atomic E-state index is 9.82. The molecule has 0 aliphatic carbocycles. The summed E-state index contributed by atoms with van der Waals surface area (Å²) in [5.41, 5.74) is 0. The molecule has 0 aromatic heterocycles. The summed E-state index contributed by atoms with van der Waals surface area (Å²) in [5, 5.41) is 3.27. The van der Waals surface area contributed by atoms with Gasteiger partial charge in [-0.1, -0.05) is 0 Å². The van der Waals surface area contributed by atoms with Crippen molar-refractivity contribution in [1.29, 1.82) is 0 Å². The Kier molecular flexibility index (Phi) is 1.46. The second-order valence-corrected chi connectivity index (χ2v) is 1.23. The monoisotopic (exact) mass is 115 g/mol. The average Bonchev–Trinajstić information content (AvgIpc) is 1.90. The first kappa shape index (κ1) is 5.08. The van der Waals surface area contributed by atoms with Gasteiger partial charge in [-0.15, -0.1) is 0 Å². The number of hydrogen-bond donors (Lipinski definition) is 0. The Balaban J connectivity index is 2.49. The molecule has 0 saturated heterocycles. The Morgan fingerprint density at radius 3 is 2.88 bits per heavy atom. The predicted octanol–water partition coefficient (Wildman–Crippen LogP) is -0.454. The molecule has 1 rings (SSSR count). The summed E-state index contributed by atoms with van der Waals surface area (Å²) < 4.78 is 4.68. The van der Waals surface area contributed by atoms with Crippen LogP contribution in [-0.4, -0.2) is 25.4 Å². The van der Waals surface area contributed by atoms with Gasteiger partial charge in [0.25, 0.3) is 5.90 Å². The third kappa shape index (κ3) is 0.959. The number of carbonyl (C=O) groups excluding carboxylic acids is 1. The van der Waals surface area contributed by atoms with E-state index < -0.39 is 0 Å². The minimum absolute atomic E-state index is 0.0243. The molecule has 4 heteroatoms. The van der Waals surface area contributed by atoms with Crippen molar-refractivity contribution in [3.63, 3.8) is 0 Å². The molecule has 0 unspecified atom stereocenters.